The number of rotatable bonds is 5. The maximum absolute atomic E-state index is 12.6. The third-order valence-corrected chi connectivity index (χ3v) is 6.71. The number of anilines is 1. The van der Waals surface area contributed by atoms with Gasteiger partial charge in [0.15, 0.2) is 10.7 Å². The van der Waals surface area contributed by atoms with E-state index in [2.05, 4.69) is 14.9 Å². The molecule has 1 N–H and O–H groups in total. The van der Waals surface area contributed by atoms with Crippen LogP contribution in [0.2, 0.25) is 0 Å². The topological polar surface area (TPSA) is 85.1 Å². The molecule has 142 valence electrons. The fourth-order valence-corrected chi connectivity index (χ4v) is 5.12. The van der Waals surface area contributed by atoms with Crippen molar-refractivity contribution in [1.29, 1.82) is 0 Å². The highest BCUT2D eigenvalue weighted by Gasteiger charge is 2.24. The second-order valence-corrected chi connectivity index (χ2v) is 8.72. The molecular formula is C20H17N3O3S2. The van der Waals surface area contributed by atoms with Gasteiger partial charge in [-0.15, -0.1) is 11.3 Å². The molecule has 0 aliphatic carbocycles. The molecule has 0 unspecified atom stereocenters. The predicted octanol–water partition coefficient (Wildman–Crippen LogP) is 4.88. The van der Waals surface area contributed by atoms with E-state index in [1.54, 1.807) is 37.3 Å². The van der Waals surface area contributed by atoms with E-state index in [0.29, 0.717) is 11.4 Å². The van der Waals surface area contributed by atoms with Crippen molar-refractivity contribution in [2.24, 2.45) is 0 Å². The minimum atomic E-state index is -3.76. The highest BCUT2D eigenvalue weighted by molar-refractivity contribution is 7.92. The van der Waals surface area contributed by atoms with E-state index >= 15 is 0 Å². The number of hydrogen-bond acceptors (Lipinski definition) is 6. The van der Waals surface area contributed by atoms with Crippen LogP contribution < -0.4 is 4.72 Å². The molecule has 0 aliphatic heterocycles. The van der Waals surface area contributed by atoms with Crippen LogP contribution >= 0.6 is 11.3 Å². The molecule has 2 aromatic heterocycles. The Labute approximate surface area is 166 Å². The summed E-state index contributed by atoms with van der Waals surface area (Å²) in [5.41, 5.74) is 3.63. The molecule has 0 aliphatic rings. The minimum Gasteiger partial charge on any atom is -0.360 e. The summed E-state index contributed by atoms with van der Waals surface area (Å²) < 4.78 is 32.7. The quantitative estimate of drug-likeness (QED) is 0.506. The van der Waals surface area contributed by atoms with Crippen molar-refractivity contribution >= 4 is 27.0 Å². The van der Waals surface area contributed by atoms with Gasteiger partial charge in [0, 0.05) is 22.2 Å². The number of hydrogen-bond donors (Lipinski definition) is 1. The van der Waals surface area contributed by atoms with E-state index in [1.807, 2.05) is 47.8 Å². The predicted molar refractivity (Wildman–Crippen MR) is 110 cm³/mol. The number of aryl methyl sites for hydroxylation is 2. The van der Waals surface area contributed by atoms with Crippen LogP contribution in [0.15, 0.2) is 69.4 Å². The zero-order valence-electron chi connectivity index (χ0n) is 15.2. The average Bonchev–Trinajstić information content (AvgIpc) is 3.30. The van der Waals surface area contributed by atoms with Gasteiger partial charge >= 0.3 is 0 Å². The summed E-state index contributed by atoms with van der Waals surface area (Å²) in [5.74, 6) is 0.262. The van der Waals surface area contributed by atoms with E-state index in [0.717, 1.165) is 21.8 Å². The third-order valence-electron chi connectivity index (χ3n) is 4.19. The minimum absolute atomic E-state index is 0.0728. The summed E-state index contributed by atoms with van der Waals surface area (Å²) in [7, 11) is -3.76. The van der Waals surface area contributed by atoms with Gasteiger partial charge in [-0.2, -0.15) is 0 Å². The monoisotopic (exact) mass is 411 g/mol. The zero-order chi connectivity index (χ0) is 19.7. The van der Waals surface area contributed by atoms with E-state index < -0.39 is 10.0 Å². The summed E-state index contributed by atoms with van der Waals surface area (Å²) in [5, 5.41) is 6.64. The Bertz CT molecular complexity index is 1190. The fraction of sp³-hybridized carbons (Fsp3) is 0.100. The van der Waals surface area contributed by atoms with Gasteiger partial charge in [-0.25, -0.2) is 13.4 Å². The molecule has 0 radical (unpaired) electrons. The van der Waals surface area contributed by atoms with Crippen LogP contribution in [0.4, 0.5) is 5.69 Å². The molecule has 4 rings (SSSR count). The van der Waals surface area contributed by atoms with Crippen molar-refractivity contribution in [3.8, 4) is 21.8 Å². The second-order valence-electron chi connectivity index (χ2n) is 6.24. The number of benzene rings is 2. The maximum Gasteiger partial charge on any atom is 0.267 e. The largest absolute Gasteiger partial charge is 0.360 e. The molecule has 6 nitrogen and oxygen atoms in total. The van der Waals surface area contributed by atoms with Crippen LogP contribution in [-0.2, 0) is 10.0 Å². The van der Waals surface area contributed by atoms with Crippen molar-refractivity contribution in [3.63, 3.8) is 0 Å². The Hall–Kier alpha value is -2.97. The highest BCUT2D eigenvalue weighted by Crippen LogP contribution is 2.30. The molecule has 0 spiro atoms. The van der Waals surface area contributed by atoms with Crippen molar-refractivity contribution in [3.05, 3.63) is 71.4 Å². The zero-order valence-corrected chi connectivity index (χ0v) is 16.8. The van der Waals surface area contributed by atoms with Crippen LogP contribution in [0.5, 0.6) is 0 Å². The maximum atomic E-state index is 12.6. The first-order valence-electron chi connectivity index (χ1n) is 8.51. The number of nitrogens with zero attached hydrogens (tertiary/aromatic N) is 2. The normalized spacial score (nSPS) is 11.5. The highest BCUT2D eigenvalue weighted by atomic mass is 32.2. The van der Waals surface area contributed by atoms with E-state index in [9.17, 15) is 8.42 Å². The third kappa shape index (κ3) is 3.56. The van der Waals surface area contributed by atoms with Crippen molar-refractivity contribution < 1.29 is 12.9 Å². The summed E-state index contributed by atoms with van der Waals surface area (Å²) in [6, 6.07) is 17.1. The van der Waals surface area contributed by atoms with Gasteiger partial charge in [0.25, 0.3) is 10.0 Å². The Morgan fingerprint density at radius 1 is 0.964 bits per heavy atom. The number of thiazole rings is 1. The summed E-state index contributed by atoms with van der Waals surface area (Å²) in [6.45, 7) is 3.17. The number of sulfonamides is 1. The number of aromatic nitrogens is 2. The van der Waals surface area contributed by atoms with Crippen LogP contribution in [-0.4, -0.2) is 18.6 Å². The second kappa shape index (κ2) is 7.21. The SMILES string of the molecule is Cc1noc(C)c1S(=O)(=O)Nc1ccc(-c2csc(-c3ccccc3)n2)cc1. The van der Waals surface area contributed by atoms with Gasteiger partial charge in [0.1, 0.15) is 10.7 Å². The average molecular weight is 412 g/mol. The van der Waals surface area contributed by atoms with Crippen LogP contribution in [0.3, 0.4) is 0 Å². The van der Waals surface area contributed by atoms with Gasteiger partial charge in [-0.05, 0) is 26.0 Å². The summed E-state index contributed by atoms with van der Waals surface area (Å²) in [6.07, 6.45) is 0. The van der Waals surface area contributed by atoms with Crippen molar-refractivity contribution in [2.45, 2.75) is 18.7 Å². The van der Waals surface area contributed by atoms with Crippen LogP contribution in [0.1, 0.15) is 11.5 Å². The molecule has 2 aromatic carbocycles. The van der Waals surface area contributed by atoms with Gasteiger partial charge in [-0.1, -0.05) is 47.6 Å². The van der Waals surface area contributed by atoms with E-state index in [-0.39, 0.29) is 10.7 Å². The molecule has 0 fully saturated rings. The standard InChI is InChI=1S/C20H17N3O3S2/c1-13-19(14(2)26-22-13)28(24,25)23-17-10-8-15(9-11-17)18-12-27-20(21-18)16-6-4-3-5-7-16/h3-12,23H,1-2H3. The van der Waals surface area contributed by atoms with Gasteiger partial charge in [-0.3, -0.25) is 4.72 Å². The Morgan fingerprint density at radius 3 is 2.32 bits per heavy atom. The number of nitrogens with one attached hydrogen (secondary N) is 1. The lowest BCUT2D eigenvalue weighted by Crippen LogP contribution is -2.14. The van der Waals surface area contributed by atoms with E-state index in [4.69, 9.17) is 4.52 Å². The van der Waals surface area contributed by atoms with Gasteiger partial charge in [0.2, 0.25) is 0 Å². The molecule has 8 heteroatoms. The Balaban J connectivity index is 1.56. The Kier molecular flexibility index (Phi) is 4.74. The fourth-order valence-electron chi connectivity index (χ4n) is 2.89. The molecular weight excluding hydrogens is 394 g/mol. The first kappa shape index (κ1) is 18.4. The molecule has 0 saturated carbocycles. The first-order chi connectivity index (χ1) is 13.4. The summed E-state index contributed by atoms with van der Waals surface area (Å²) in [4.78, 5) is 4.75. The summed E-state index contributed by atoms with van der Waals surface area (Å²) >= 11 is 1.57. The van der Waals surface area contributed by atoms with Crippen molar-refractivity contribution in [1.82, 2.24) is 10.1 Å². The smallest absolute Gasteiger partial charge is 0.267 e. The molecule has 2 heterocycles. The van der Waals surface area contributed by atoms with Crippen LogP contribution in [0.25, 0.3) is 21.8 Å². The lowest BCUT2D eigenvalue weighted by molar-refractivity contribution is 0.390. The molecule has 0 bridgehead atoms. The van der Waals surface area contributed by atoms with Gasteiger partial charge < -0.3 is 4.52 Å². The van der Waals surface area contributed by atoms with Gasteiger partial charge in [0.05, 0.1) is 5.69 Å². The molecule has 0 atom stereocenters. The molecule has 4 aromatic rings. The van der Waals surface area contributed by atoms with Crippen molar-refractivity contribution in [2.75, 3.05) is 4.72 Å². The molecule has 0 saturated heterocycles. The Morgan fingerprint density at radius 2 is 1.68 bits per heavy atom. The lowest BCUT2D eigenvalue weighted by Gasteiger charge is -2.08. The lowest BCUT2D eigenvalue weighted by atomic mass is 10.1. The molecule has 28 heavy (non-hydrogen) atoms. The molecule has 0 amide bonds. The first-order valence-corrected chi connectivity index (χ1v) is 10.9. The van der Waals surface area contributed by atoms with Crippen LogP contribution in [0, 0.1) is 13.8 Å². The van der Waals surface area contributed by atoms with E-state index in [1.165, 1.54) is 0 Å².